The van der Waals surface area contributed by atoms with Crippen LogP contribution in [0.1, 0.15) is 21.5 Å². The van der Waals surface area contributed by atoms with Crippen LogP contribution in [0.5, 0.6) is 11.5 Å². The van der Waals surface area contributed by atoms with Gasteiger partial charge in [0, 0.05) is 18.7 Å². The Morgan fingerprint density at radius 3 is 2.16 bits per heavy atom. The zero-order valence-electron chi connectivity index (χ0n) is 13.9. The van der Waals surface area contributed by atoms with Gasteiger partial charge in [-0.1, -0.05) is 42.5 Å². The fourth-order valence-electron chi connectivity index (χ4n) is 3.14. The van der Waals surface area contributed by atoms with Crippen molar-refractivity contribution in [2.24, 2.45) is 0 Å². The van der Waals surface area contributed by atoms with E-state index in [1.807, 2.05) is 65.6 Å². The second-order valence-corrected chi connectivity index (χ2v) is 6.18. The van der Waals surface area contributed by atoms with Gasteiger partial charge in [0.05, 0.1) is 0 Å². The van der Waals surface area contributed by atoms with E-state index in [1.165, 1.54) is 11.1 Å². The minimum Gasteiger partial charge on any atom is -0.457 e. The molecule has 3 nitrogen and oxygen atoms in total. The van der Waals surface area contributed by atoms with Crippen molar-refractivity contribution in [3.8, 4) is 11.5 Å². The molecule has 0 bridgehead atoms. The van der Waals surface area contributed by atoms with E-state index >= 15 is 0 Å². The highest BCUT2D eigenvalue weighted by Crippen LogP contribution is 2.23. The number of amides is 1. The van der Waals surface area contributed by atoms with E-state index in [0.717, 1.165) is 24.5 Å². The molecule has 3 aromatic carbocycles. The predicted octanol–water partition coefficient (Wildman–Crippen LogP) is 4.68. The monoisotopic (exact) mass is 329 g/mol. The third-order valence-corrected chi connectivity index (χ3v) is 4.50. The van der Waals surface area contributed by atoms with Gasteiger partial charge >= 0.3 is 0 Å². The number of para-hydroxylation sites is 1. The highest BCUT2D eigenvalue weighted by atomic mass is 16.5. The molecule has 0 saturated carbocycles. The van der Waals surface area contributed by atoms with Crippen molar-refractivity contribution in [1.29, 1.82) is 0 Å². The number of hydrogen-bond donors (Lipinski definition) is 0. The van der Waals surface area contributed by atoms with Crippen molar-refractivity contribution in [2.75, 3.05) is 6.54 Å². The summed E-state index contributed by atoms with van der Waals surface area (Å²) in [5, 5.41) is 0. The largest absolute Gasteiger partial charge is 0.457 e. The average molecular weight is 329 g/mol. The van der Waals surface area contributed by atoms with E-state index in [2.05, 4.69) is 18.2 Å². The number of carbonyl (C=O) groups is 1. The third kappa shape index (κ3) is 3.41. The fourth-order valence-corrected chi connectivity index (χ4v) is 3.14. The maximum atomic E-state index is 12.8. The summed E-state index contributed by atoms with van der Waals surface area (Å²) in [4.78, 5) is 14.7. The second kappa shape index (κ2) is 6.81. The second-order valence-electron chi connectivity index (χ2n) is 6.18. The van der Waals surface area contributed by atoms with Crippen LogP contribution in [0.25, 0.3) is 0 Å². The number of ether oxygens (including phenoxy) is 1. The van der Waals surface area contributed by atoms with Crippen molar-refractivity contribution in [3.63, 3.8) is 0 Å². The number of rotatable bonds is 3. The van der Waals surface area contributed by atoms with E-state index in [1.54, 1.807) is 0 Å². The Kier molecular flexibility index (Phi) is 4.21. The normalized spacial score (nSPS) is 13.2. The number of benzene rings is 3. The molecule has 1 heterocycles. The molecule has 0 saturated heterocycles. The Morgan fingerprint density at radius 1 is 0.760 bits per heavy atom. The zero-order valence-corrected chi connectivity index (χ0v) is 13.9. The van der Waals surface area contributed by atoms with Crippen LogP contribution in [-0.2, 0) is 13.0 Å². The first kappa shape index (κ1) is 15.5. The predicted molar refractivity (Wildman–Crippen MR) is 97.8 cm³/mol. The van der Waals surface area contributed by atoms with Crippen molar-refractivity contribution in [3.05, 3.63) is 95.6 Å². The molecular weight excluding hydrogens is 310 g/mol. The van der Waals surface area contributed by atoms with Gasteiger partial charge < -0.3 is 9.64 Å². The maximum Gasteiger partial charge on any atom is 0.254 e. The summed E-state index contributed by atoms with van der Waals surface area (Å²) < 4.78 is 5.78. The van der Waals surface area contributed by atoms with Crippen molar-refractivity contribution in [2.45, 2.75) is 13.0 Å². The maximum absolute atomic E-state index is 12.8. The van der Waals surface area contributed by atoms with Gasteiger partial charge in [-0.3, -0.25) is 4.79 Å². The van der Waals surface area contributed by atoms with Crippen LogP contribution in [-0.4, -0.2) is 17.4 Å². The summed E-state index contributed by atoms with van der Waals surface area (Å²) in [5.74, 6) is 1.58. The van der Waals surface area contributed by atoms with Gasteiger partial charge in [0.25, 0.3) is 5.91 Å². The molecule has 0 spiro atoms. The molecule has 0 fully saturated rings. The summed E-state index contributed by atoms with van der Waals surface area (Å²) in [6.45, 7) is 1.44. The lowest BCUT2D eigenvalue weighted by molar-refractivity contribution is 0.0734. The molecule has 4 rings (SSSR count). The molecule has 0 N–H and O–H groups in total. The molecule has 0 unspecified atom stereocenters. The summed E-state index contributed by atoms with van der Waals surface area (Å²) in [7, 11) is 0. The van der Waals surface area contributed by atoms with Crippen LogP contribution in [0, 0.1) is 0 Å². The van der Waals surface area contributed by atoms with E-state index in [0.29, 0.717) is 12.1 Å². The number of nitrogens with zero attached hydrogens (tertiary/aromatic N) is 1. The smallest absolute Gasteiger partial charge is 0.254 e. The van der Waals surface area contributed by atoms with E-state index < -0.39 is 0 Å². The van der Waals surface area contributed by atoms with Gasteiger partial charge in [0.2, 0.25) is 0 Å². The summed E-state index contributed by atoms with van der Waals surface area (Å²) in [6.07, 6.45) is 0.914. The highest BCUT2D eigenvalue weighted by molar-refractivity contribution is 5.94. The molecule has 124 valence electrons. The molecule has 0 aliphatic carbocycles. The summed E-state index contributed by atoms with van der Waals surface area (Å²) >= 11 is 0. The van der Waals surface area contributed by atoms with Crippen LogP contribution in [0.3, 0.4) is 0 Å². The topological polar surface area (TPSA) is 29.5 Å². The first-order valence-electron chi connectivity index (χ1n) is 8.48. The lowest BCUT2D eigenvalue weighted by atomic mass is 9.99. The highest BCUT2D eigenvalue weighted by Gasteiger charge is 2.21. The SMILES string of the molecule is O=C(c1ccc(Oc2ccccc2)cc1)N1CCc2ccccc2C1. The molecule has 1 aliphatic rings. The van der Waals surface area contributed by atoms with Gasteiger partial charge in [-0.2, -0.15) is 0 Å². The molecule has 3 heteroatoms. The summed E-state index contributed by atoms with van der Waals surface area (Å²) in [5.41, 5.74) is 3.28. The quantitative estimate of drug-likeness (QED) is 0.698. The lowest BCUT2D eigenvalue weighted by Gasteiger charge is -2.29. The van der Waals surface area contributed by atoms with Crippen LogP contribution in [0.4, 0.5) is 0 Å². The number of carbonyl (C=O) groups excluding carboxylic acids is 1. The molecule has 0 aromatic heterocycles. The van der Waals surface area contributed by atoms with Gasteiger partial charge in [0.1, 0.15) is 11.5 Å². The molecular formula is C22H19NO2. The van der Waals surface area contributed by atoms with Gasteiger partial charge in [-0.25, -0.2) is 0 Å². The lowest BCUT2D eigenvalue weighted by Crippen LogP contribution is -2.35. The first-order valence-corrected chi connectivity index (χ1v) is 8.48. The van der Waals surface area contributed by atoms with Crippen LogP contribution < -0.4 is 4.74 Å². The van der Waals surface area contributed by atoms with E-state index in [9.17, 15) is 4.79 Å². The van der Waals surface area contributed by atoms with E-state index in [4.69, 9.17) is 4.74 Å². The van der Waals surface area contributed by atoms with Gasteiger partial charge in [-0.05, 0) is 53.9 Å². The van der Waals surface area contributed by atoms with E-state index in [-0.39, 0.29) is 5.91 Å². The Morgan fingerprint density at radius 2 is 1.40 bits per heavy atom. The summed E-state index contributed by atoms with van der Waals surface area (Å²) in [6, 6.07) is 25.3. The van der Waals surface area contributed by atoms with Gasteiger partial charge in [-0.15, -0.1) is 0 Å². The molecule has 0 radical (unpaired) electrons. The third-order valence-electron chi connectivity index (χ3n) is 4.50. The van der Waals surface area contributed by atoms with Crippen LogP contribution in [0.2, 0.25) is 0 Å². The molecule has 0 atom stereocenters. The Labute approximate surface area is 147 Å². The molecule has 25 heavy (non-hydrogen) atoms. The van der Waals surface area contributed by atoms with Crippen LogP contribution >= 0.6 is 0 Å². The number of hydrogen-bond acceptors (Lipinski definition) is 2. The molecule has 1 amide bonds. The minimum absolute atomic E-state index is 0.0702. The molecule has 1 aliphatic heterocycles. The van der Waals surface area contributed by atoms with Crippen LogP contribution in [0.15, 0.2) is 78.9 Å². The minimum atomic E-state index is 0.0702. The number of fused-ring (bicyclic) bond motifs is 1. The first-order chi connectivity index (χ1) is 12.3. The molecule has 3 aromatic rings. The Bertz CT molecular complexity index is 872. The van der Waals surface area contributed by atoms with Crippen molar-refractivity contribution >= 4 is 5.91 Å². The Hall–Kier alpha value is -3.07. The standard InChI is InChI=1S/C22H19NO2/c24-22(23-15-14-17-6-4-5-7-19(17)16-23)18-10-12-21(13-11-18)25-20-8-2-1-3-9-20/h1-13H,14-16H2. The fraction of sp³-hybridized carbons (Fsp3) is 0.136. The van der Waals surface area contributed by atoms with Crippen molar-refractivity contribution < 1.29 is 9.53 Å². The van der Waals surface area contributed by atoms with Crippen molar-refractivity contribution in [1.82, 2.24) is 4.90 Å². The average Bonchev–Trinajstić information content (AvgIpc) is 2.68. The Balaban J connectivity index is 1.46. The zero-order chi connectivity index (χ0) is 17.1. The van der Waals surface area contributed by atoms with Gasteiger partial charge in [0.15, 0.2) is 0 Å².